The number of ether oxygens (including phenoxy) is 1. The molecular weight excluding hydrogens is 232 g/mol. The molecule has 84 valence electrons. The van der Waals surface area contributed by atoms with Gasteiger partial charge in [0.15, 0.2) is 4.34 Å². The van der Waals surface area contributed by atoms with Crippen LogP contribution in [-0.2, 0) is 9.53 Å². The van der Waals surface area contributed by atoms with E-state index in [4.69, 9.17) is 4.74 Å². The van der Waals surface area contributed by atoms with Gasteiger partial charge in [-0.2, -0.15) is 0 Å². The molecule has 0 aliphatic rings. The lowest BCUT2D eigenvalue weighted by Crippen LogP contribution is -2.17. The van der Waals surface area contributed by atoms with Crippen molar-refractivity contribution in [3.63, 3.8) is 0 Å². The summed E-state index contributed by atoms with van der Waals surface area (Å²) in [5, 5.41) is 7.35. The Morgan fingerprint density at radius 2 is 2.53 bits per heavy atom. The number of carbonyl (C=O) groups excluding carboxylic acids is 1. The maximum absolute atomic E-state index is 11.5. The van der Waals surface area contributed by atoms with Crippen molar-refractivity contribution in [3.8, 4) is 0 Å². The fourth-order valence-electron chi connectivity index (χ4n) is 0.848. The van der Waals surface area contributed by atoms with E-state index in [2.05, 4.69) is 17.1 Å². The monoisotopic (exact) mass is 246 g/mol. The van der Waals surface area contributed by atoms with Crippen molar-refractivity contribution in [1.29, 1.82) is 0 Å². The van der Waals surface area contributed by atoms with Crippen molar-refractivity contribution in [3.05, 3.63) is 5.51 Å². The summed E-state index contributed by atoms with van der Waals surface area (Å²) < 4.78 is 5.89. The zero-order valence-electron chi connectivity index (χ0n) is 8.80. The lowest BCUT2D eigenvalue weighted by molar-refractivity contribution is -0.142. The first-order valence-electron chi connectivity index (χ1n) is 4.83. The van der Waals surface area contributed by atoms with Crippen LogP contribution in [-0.4, -0.2) is 28.0 Å². The van der Waals surface area contributed by atoms with Crippen LogP contribution in [0.2, 0.25) is 0 Å². The van der Waals surface area contributed by atoms with Gasteiger partial charge in [-0.1, -0.05) is 36.4 Å². The number of carbonyl (C=O) groups is 1. The number of hydrogen-bond donors (Lipinski definition) is 0. The van der Waals surface area contributed by atoms with Crippen molar-refractivity contribution in [2.75, 3.05) is 6.61 Å². The highest BCUT2D eigenvalue weighted by atomic mass is 32.2. The largest absolute Gasteiger partial charge is 0.465 e. The molecule has 0 saturated carbocycles. The molecule has 0 radical (unpaired) electrons. The topological polar surface area (TPSA) is 52.1 Å². The number of aromatic nitrogens is 2. The molecule has 0 fully saturated rings. The first-order valence-corrected chi connectivity index (χ1v) is 6.59. The Labute approximate surface area is 97.4 Å². The number of unbranched alkanes of at least 4 members (excludes halogenated alkanes) is 1. The van der Waals surface area contributed by atoms with Gasteiger partial charge in [0.05, 0.1) is 6.61 Å². The summed E-state index contributed by atoms with van der Waals surface area (Å²) in [6.07, 6.45) is 1.95. The third-order valence-corrected chi connectivity index (χ3v) is 3.58. The van der Waals surface area contributed by atoms with Crippen LogP contribution in [0.1, 0.15) is 26.7 Å². The highest BCUT2D eigenvalue weighted by Gasteiger charge is 2.17. The average molecular weight is 246 g/mol. The summed E-state index contributed by atoms with van der Waals surface area (Å²) in [7, 11) is 0. The van der Waals surface area contributed by atoms with E-state index in [9.17, 15) is 4.79 Å². The van der Waals surface area contributed by atoms with Crippen molar-refractivity contribution >= 4 is 29.1 Å². The van der Waals surface area contributed by atoms with Gasteiger partial charge in [-0.25, -0.2) is 0 Å². The van der Waals surface area contributed by atoms with E-state index in [0.717, 1.165) is 17.2 Å². The Bertz CT molecular complexity index is 290. The predicted octanol–water partition coefficient (Wildman–Crippen LogP) is 2.36. The highest BCUT2D eigenvalue weighted by molar-refractivity contribution is 8.02. The molecule has 1 rings (SSSR count). The maximum Gasteiger partial charge on any atom is 0.319 e. The summed E-state index contributed by atoms with van der Waals surface area (Å²) >= 11 is 2.82. The van der Waals surface area contributed by atoms with Crippen LogP contribution >= 0.6 is 23.1 Å². The van der Waals surface area contributed by atoms with Gasteiger partial charge in [0.25, 0.3) is 0 Å². The molecule has 1 heterocycles. The molecule has 0 aromatic carbocycles. The average Bonchev–Trinajstić information content (AvgIpc) is 2.70. The van der Waals surface area contributed by atoms with E-state index in [1.54, 1.807) is 5.51 Å². The molecule has 0 amide bonds. The van der Waals surface area contributed by atoms with Crippen LogP contribution in [0.5, 0.6) is 0 Å². The minimum Gasteiger partial charge on any atom is -0.465 e. The number of thioether (sulfide) groups is 1. The van der Waals surface area contributed by atoms with Gasteiger partial charge in [0.1, 0.15) is 10.8 Å². The zero-order valence-corrected chi connectivity index (χ0v) is 10.4. The van der Waals surface area contributed by atoms with E-state index in [1.165, 1.54) is 23.1 Å². The molecule has 4 nitrogen and oxygen atoms in total. The molecule has 1 aromatic heterocycles. The number of esters is 1. The van der Waals surface area contributed by atoms with Crippen molar-refractivity contribution < 1.29 is 9.53 Å². The molecule has 0 saturated heterocycles. The van der Waals surface area contributed by atoms with Crippen molar-refractivity contribution in [2.24, 2.45) is 0 Å². The van der Waals surface area contributed by atoms with Crippen LogP contribution in [0.3, 0.4) is 0 Å². The summed E-state index contributed by atoms with van der Waals surface area (Å²) in [5.74, 6) is -0.177. The summed E-state index contributed by atoms with van der Waals surface area (Å²) in [5.41, 5.74) is 1.65. The Hall–Kier alpha value is -0.620. The van der Waals surface area contributed by atoms with Gasteiger partial charge in [-0.15, -0.1) is 10.2 Å². The van der Waals surface area contributed by atoms with E-state index >= 15 is 0 Å². The molecule has 15 heavy (non-hydrogen) atoms. The fraction of sp³-hybridized carbons (Fsp3) is 0.667. The van der Waals surface area contributed by atoms with Gasteiger partial charge in [-0.3, -0.25) is 4.79 Å². The molecule has 0 bridgehead atoms. The maximum atomic E-state index is 11.5. The number of hydrogen-bond acceptors (Lipinski definition) is 6. The van der Waals surface area contributed by atoms with Crippen LogP contribution < -0.4 is 0 Å². The second-order valence-electron chi connectivity index (χ2n) is 2.99. The normalized spacial score (nSPS) is 12.4. The summed E-state index contributed by atoms with van der Waals surface area (Å²) in [6.45, 7) is 4.39. The lowest BCUT2D eigenvalue weighted by atomic mass is 10.4. The van der Waals surface area contributed by atoms with Gasteiger partial charge >= 0.3 is 5.97 Å². The molecular formula is C9H14N2O2S2. The highest BCUT2D eigenvalue weighted by Crippen LogP contribution is 2.24. The minimum atomic E-state index is -0.213. The zero-order chi connectivity index (χ0) is 11.1. The fourth-order valence-corrected chi connectivity index (χ4v) is 2.47. The molecule has 1 unspecified atom stereocenters. The van der Waals surface area contributed by atoms with Crippen LogP contribution in [0.4, 0.5) is 0 Å². The van der Waals surface area contributed by atoms with Crippen LogP contribution in [0.15, 0.2) is 9.85 Å². The van der Waals surface area contributed by atoms with Crippen molar-refractivity contribution in [2.45, 2.75) is 36.3 Å². The van der Waals surface area contributed by atoms with Gasteiger partial charge < -0.3 is 4.74 Å². The van der Waals surface area contributed by atoms with E-state index < -0.39 is 0 Å². The quantitative estimate of drug-likeness (QED) is 0.438. The van der Waals surface area contributed by atoms with E-state index in [-0.39, 0.29) is 11.2 Å². The number of nitrogens with zero attached hydrogens (tertiary/aromatic N) is 2. The standard InChI is InChI=1S/C9H14N2O2S2/c1-3-4-5-13-8(12)7(2)15-9-11-10-6-14-9/h6-7H,3-5H2,1-2H3. The Morgan fingerprint density at radius 3 is 3.13 bits per heavy atom. The predicted molar refractivity (Wildman–Crippen MR) is 61.1 cm³/mol. The van der Waals surface area contributed by atoms with Crippen molar-refractivity contribution in [1.82, 2.24) is 10.2 Å². The van der Waals surface area contributed by atoms with Crippen LogP contribution in [0, 0.1) is 0 Å². The van der Waals surface area contributed by atoms with Gasteiger partial charge in [-0.05, 0) is 13.3 Å². The number of rotatable bonds is 6. The molecule has 1 atom stereocenters. The van der Waals surface area contributed by atoms with Crippen LogP contribution in [0.25, 0.3) is 0 Å². The molecule has 0 aliphatic heterocycles. The molecule has 6 heteroatoms. The molecule has 1 aromatic rings. The molecule has 0 N–H and O–H groups in total. The third-order valence-electron chi connectivity index (χ3n) is 1.69. The van der Waals surface area contributed by atoms with Gasteiger partial charge in [0, 0.05) is 0 Å². The molecule has 0 aliphatic carbocycles. The Morgan fingerprint density at radius 1 is 1.73 bits per heavy atom. The summed E-state index contributed by atoms with van der Waals surface area (Å²) in [6, 6.07) is 0. The smallest absolute Gasteiger partial charge is 0.319 e. The first-order chi connectivity index (χ1) is 7.24. The Balaban J connectivity index is 2.27. The third kappa shape index (κ3) is 4.61. The first kappa shape index (κ1) is 12.4. The van der Waals surface area contributed by atoms with E-state index in [0.29, 0.717) is 6.61 Å². The summed E-state index contributed by atoms with van der Waals surface area (Å²) in [4.78, 5) is 11.5. The molecule has 0 spiro atoms. The second kappa shape index (κ2) is 6.79. The second-order valence-corrected chi connectivity index (χ2v) is 5.41. The van der Waals surface area contributed by atoms with Gasteiger partial charge in [0.2, 0.25) is 0 Å². The van der Waals surface area contributed by atoms with E-state index in [1.807, 2.05) is 6.92 Å². The lowest BCUT2D eigenvalue weighted by Gasteiger charge is -2.08. The Kier molecular flexibility index (Phi) is 5.63. The minimum absolute atomic E-state index is 0.177. The SMILES string of the molecule is CCCCOC(=O)C(C)Sc1nncs1.